The van der Waals surface area contributed by atoms with Crippen molar-refractivity contribution in [3.8, 4) is 0 Å². The van der Waals surface area contributed by atoms with Crippen LogP contribution in [0, 0.1) is 12.8 Å². The quantitative estimate of drug-likeness (QED) is 0.846. The first-order valence-electron chi connectivity index (χ1n) is 9.55. The van der Waals surface area contributed by atoms with Gasteiger partial charge in [-0.15, -0.1) is 0 Å². The first-order chi connectivity index (χ1) is 12.9. The van der Waals surface area contributed by atoms with Crippen molar-refractivity contribution < 1.29 is 9.90 Å². The topological polar surface area (TPSA) is 83.3 Å². The molecule has 1 aliphatic rings. The van der Waals surface area contributed by atoms with Crippen molar-refractivity contribution in [1.82, 2.24) is 24.8 Å². The molecule has 0 atom stereocenters. The van der Waals surface area contributed by atoms with E-state index in [0.717, 1.165) is 17.8 Å². The summed E-state index contributed by atoms with van der Waals surface area (Å²) in [5.41, 5.74) is 1.79. The Kier molecular flexibility index (Phi) is 5.79. The van der Waals surface area contributed by atoms with Gasteiger partial charge >= 0.3 is 6.03 Å². The van der Waals surface area contributed by atoms with Crippen LogP contribution in [-0.2, 0) is 18.7 Å². The number of imidazole rings is 1. The van der Waals surface area contributed by atoms with Gasteiger partial charge in [-0.05, 0) is 37.3 Å². The van der Waals surface area contributed by atoms with Crippen LogP contribution in [-0.4, -0.2) is 43.7 Å². The van der Waals surface area contributed by atoms with Gasteiger partial charge in [0.25, 0.3) is 0 Å². The summed E-state index contributed by atoms with van der Waals surface area (Å²) in [7, 11) is 0. The molecule has 2 N–H and O–H groups in total. The number of likely N-dealkylation sites (tertiary alicyclic amines) is 1. The van der Waals surface area contributed by atoms with Crippen molar-refractivity contribution in [3.05, 3.63) is 47.8 Å². The molecule has 27 heavy (non-hydrogen) atoms. The third-order valence-corrected chi connectivity index (χ3v) is 5.05. The number of aliphatic hydroxyl groups is 1. The molecule has 0 bridgehead atoms. The largest absolute Gasteiger partial charge is 0.383 e. The molecule has 0 saturated carbocycles. The van der Waals surface area contributed by atoms with E-state index >= 15 is 0 Å². The Morgan fingerprint density at radius 3 is 2.67 bits per heavy atom. The summed E-state index contributed by atoms with van der Waals surface area (Å²) in [4.78, 5) is 22.8. The molecule has 2 aromatic rings. The Morgan fingerprint density at radius 2 is 2.04 bits per heavy atom. The van der Waals surface area contributed by atoms with Crippen molar-refractivity contribution in [1.29, 1.82) is 0 Å². The second-order valence-corrected chi connectivity index (χ2v) is 7.83. The molecule has 0 aliphatic carbocycles. The number of hydrogen-bond acceptors (Lipinski definition) is 4. The van der Waals surface area contributed by atoms with Crippen LogP contribution in [0.15, 0.2) is 30.9 Å². The lowest BCUT2D eigenvalue weighted by Gasteiger charge is -2.37. The molecular formula is C20H29N5O2. The zero-order valence-electron chi connectivity index (χ0n) is 16.4. The van der Waals surface area contributed by atoms with E-state index in [1.165, 1.54) is 0 Å². The molecule has 2 amide bonds. The zero-order valence-corrected chi connectivity index (χ0v) is 16.4. The van der Waals surface area contributed by atoms with Gasteiger partial charge in [0.1, 0.15) is 5.60 Å². The summed E-state index contributed by atoms with van der Waals surface area (Å²) >= 11 is 0. The minimum atomic E-state index is -0.958. The van der Waals surface area contributed by atoms with E-state index in [1.807, 2.05) is 19.1 Å². The van der Waals surface area contributed by atoms with Gasteiger partial charge in [-0.2, -0.15) is 0 Å². The molecule has 7 nitrogen and oxygen atoms in total. The van der Waals surface area contributed by atoms with Crippen LogP contribution in [0.1, 0.15) is 43.6 Å². The minimum absolute atomic E-state index is 0.105. The van der Waals surface area contributed by atoms with E-state index in [2.05, 4.69) is 33.7 Å². The second kappa shape index (κ2) is 8.08. The smallest absolute Gasteiger partial charge is 0.317 e. The number of pyridine rings is 1. The number of nitrogens with zero attached hydrogens (tertiary/aromatic N) is 4. The van der Waals surface area contributed by atoms with Crippen LogP contribution in [0.25, 0.3) is 0 Å². The van der Waals surface area contributed by atoms with E-state index in [1.54, 1.807) is 23.6 Å². The molecule has 1 saturated heterocycles. The van der Waals surface area contributed by atoms with Gasteiger partial charge in [-0.3, -0.25) is 4.98 Å². The fourth-order valence-corrected chi connectivity index (χ4v) is 3.41. The van der Waals surface area contributed by atoms with Crippen LogP contribution in [0.5, 0.6) is 0 Å². The maximum atomic E-state index is 12.5. The number of carbonyl (C=O) groups excluding carboxylic acids is 1. The van der Waals surface area contributed by atoms with Gasteiger partial charge in [0.2, 0.25) is 0 Å². The summed E-state index contributed by atoms with van der Waals surface area (Å²) < 4.78 is 2.07. The van der Waals surface area contributed by atoms with Gasteiger partial charge in [0.15, 0.2) is 0 Å². The van der Waals surface area contributed by atoms with Gasteiger partial charge in [-0.25, -0.2) is 9.78 Å². The first-order valence-corrected chi connectivity index (χ1v) is 9.55. The van der Waals surface area contributed by atoms with Crippen molar-refractivity contribution in [2.45, 2.75) is 52.3 Å². The normalized spacial score (nSPS) is 16.6. The SMILES string of the molecule is Cc1ccc(C2(O)CCN(C(=O)NCc3cncn3CC(C)C)CC2)nc1. The van der Waals surface area contributed by atoms with Gasteiger partial charge in [-0.1, -0.05) is 19.9 Å². The molecule has 0 spiro atoms. The van der Waals surface area contributed by atoms with Gasteiger partial charge < -0.3 is 19.9 Å². The minimum Gasteiger partial charge on any atom is -0.383 e. The fourth-order valence-electron chi connectivity index (χ4n) is 3.41. The maximum absolute atomic E-state index is 12.5. The van der Waals surface area contributed by atoms with Crippen LogP contribution >= 0.6 is 0 Å². The van der Waals surface area contributed by atoms with Crippen LogP contribution in [0.4, 0.5) is 4.79 Å². The Morgan fingerprint density at radius 1 is 1.30 bits per heavy atom. The first kappa shape index (κ1) is 19.4. The number of amides is 2. The fraction of sp³-hybridized carbons (Fsp3) is 0.550. The average Bonchev–Trinajstić information content (AvgIpc) is 3.07. The summed E-state index contributed by atoms with van der Waals surface area (Å²) in [5, 5.41) is 13.9. The predicted octanol–water partition coefficient (Wildman–Crippen LogP) is 2.44. The van der Waals surface area contributed by atoms with Gasteiger partial charge in [0, 0.05) is 32.0 Å². The van der Waals surface area contributed by atoms with Crippen molar-refractivity contribution >= 4 is 6.03 Å². The Bertz CT molecular complexity index is 761. The lowest BCUT2D eigenvalue weighted by atomic mass is 9.87. The highest BCUT2D eigenvalue weighted by molar-refractivity contribution is 5.74. The molecule has 146 valence electrons. The summed E-state index contributed by atoms with van der Waals surface area (Å²) in [6, 6.07) is 3.73. The molecule has 7 heteroatoms. The van der Waals surface area contributed by atoms with E-state index in [4.69, 9.17) is 0 Å². The summed E-state index contributed by atoms with van der Waals surface area (Å²) in [5.74, 6) is 0.517. The van der Waals surface area contributed by atoms with Crippen molar-refractivity contribution in [3.63, 3.8) is 0 Å². The average molecular weight is 371 g/mol. The highest BCUT2D eigenvalue weighted by atomic mass is 16.3. The number of carbonyl (C=O) groups is 1. The number of piperidine rings is 1. The van der Waals surface area contributed by atoms with Crippen LogP contribution in [0.3, 0.4) is 0 Å². The molecule has 2 aromatic heterocycles. The lowest BCUT2D eigenvalue weighted by Crippen LogP contribution is -2.48. The lowest BCUT2D eigenvalue weighted by molar-refractivity contribution is -0.0204. The monoisotopic (exact) mass is 371 g/mol. The maximum Gasteiger partial charge on any atom is 0.317 e. The van der Waals surface area contributed by atoms with E-state index < -0.39 is 5.60 Å². The van der Waals surface area contributed by atoms with E-state index in [0.29, 0.717) is 44.1 Å². The number of aryl methyl sites for hydroxylation is 1. The molecular weight excluding hydrogens is 342 g/mol. The van der Waals surface area contributed by atoms with Crippen LogP contribution < -0.4 is 5.32 Å². The summed E-state index contributed by atoms with van der Waals surface area (Å²) in [6.07, 6.45) is 6.34. The Hall–Kier alpha value is -2.41. The molecule has 0 radical (unpaired) electrons. The molecule has 3 heterocycles. The second-order valence-electron chi connectivity index (χ2n) is 7.83. The Labute approximate surface area is 160 Å². The number of aromatic nitrogens is 3. The summed E-state index contributed by atoms with van der Waals surface area (Å²) in [6.45, 7) is 8.62. The number of nitrogens with one attached hydrogen (secondary N) is 1. The molecule has 3 rings (SSSR count). The predicted molar refractivity (Wildman–Crippen MR) is 103 cm³/mol. The third-order valence-electron chi connectivity index (χ3n) is 5.05. The van der Waals surface area contributed by atoms with Gasteiger partial charge in [0.05, 0.1) is 24.3 Å². The van der Waals surface area contributed by atoms with Crippen LogP contribution in [0.2, 0.25) is 0 Å². The number of urea groups is 1. The number of hydrogen-bond donors (Lipinski definition) is 2. The van der Waals surface area contributed by atoms with Crippen molar-refractivity contribution in [2.24, 2.45) is 5.92 Å². The van der Waals surface area contributed by atoms with Crippen molar-refractivity contribution in [2.75, 3.05) is 13.1 Å². The zero-order chi connectivity index (χ0) is 19.4. The van der Waals surface area contributed by atoms with E-state index in [-0.39, 0.29) is 6.03 Å². The molecule has 0 aromatic carbocycles. The molecule has 1 aliphatic heterocycles. The number of rotatable bonds is 5. The highest BCUT2D eigenvalue weighted by Gasteiger charge is 2.36. The molecule has 0 unspecified atom stereocenters. The Balaban J connectivity index is 1.53. The highest BCUT2D eigenvalue weighted by Crippen LogP contribution is 2.31. The standard InChI is InChI=1S/C20H29N5O2/c1-15(2)13-25-14-21-11-17(25)12-23-19(26)24-8-6-20(27,7-9-24)18-5-4-16(3)10-22-18/h4-5,10-11,14-15,27H,6-9,12-13H2,1-3H3,(H,23,26). The molecule has 1 fully saturated rings. The van der Waals surface area contributed by atoms with E-state index in [9.17, 15) is 9.90 Å². The third kappa shape index (κ3) is 4.66.